The summed E-state index contributed by atoms with van der Waals surface area (Å²) in [6, 6.07) is 3.63. The number of fused-ring (bicyclic) bond motifs is 1. The summed E-state index contributed by atoms with van der Waals surface area (Å²) in [5.41, 5.74) is 3.44. The number of aryl methyl sites for hydroxylation is 1. The molecule has 212 valence electrons. The molecule has 1 saturated carbocycles. The van der Waals surface area contributed by atoms with Crippen molar-refractivity contribution in [2.75, 3.05) is 11.4 Å². The largest absolute Gasteiger partial charge is 0.439 e. The Morgan fingerprint density at radius 2 is 1.90 bits per heavy atom. The molecule has 12 nitrogen and oxygen atoms in total. The van der Waals surface area contributed by atoms with Gasteiger partial charge in [0.1, 0.15) is 5.69 Å². The molecule has 0 aromatic carbocycles. The predicted octanol–water partition coefficient (Wildman–Crippen LogP) is 5.35. The normalized spacial score (nSPS) is 21.2. The number of rotatable bonds is 6. The van der Waals surface area contributed by atoms with Gasteiger partial charge in [-0.2, -0.15) is 4.98 Å². The summed E-state index contributed by atoms with van der Waals surface area (Å²) in [4.78, 5) is 35.8. The van der Waals surface area contributed by atoms with Crippen LogP contribution in [0.25, 0.3) is 33.8 Å². The molecule has 0 amide bonds. The van der Waals surface area contributed by atoms with Crippen molar-refractivity contribution in [3.8, 4) is 22.8 Å². The Hall–Kier alpha value is -4.06. The van der Waals surface area contributed by atoms with E-state index in [1.54, 1.807) is 12.4 Å². The molecule has 1 aliphatic carbocycles. The number of imidazole rings is 1. The van der Waals surface area contributed by atoms with Gasteiger partial charge in [0.05, 0.1) is 27.8 Å². The van der Waals surface area contributed by atoms with Crippen LogP contribution < -0.4 is 10.7 Å². The van der Waals surface area contributed by atoms with Crippen molar-refractivity contribution in [3.63, 3.8) is 0 Å². The van der Waals surface area contributed by atoms with Gasteiger partial charge in [-0.1, -0.05) is 41.7 Å². The van der Waals surface area contributed by atoms with E-state index in [2.05, 4.69) is 41.7 Å². The smallest absolute Gasteiger partial charge is 0.340 e. The van der Waals surface area contributed by atoms with Crippen LogP contribution in [0.4, 0.5) is 5.95 Å². The predicted molar refractivity (Wildman–Crippen MR) is 151 cm³/mol. The number of hydrogen-bond acceptors (Lipinski definition) is 10. The summed E-state index contributed by atoms with van der Waals surface area (Å²) in [5, 5.41) is 8.64. The highest BCUT2D eigenvalue weighted by atomic mass is 35.5. The van der Waals surface area contributed by atoms with Crippen molar-refractivity contribution in [2.45, 2.75) is 65.0 Å². The van der Waals surface area contributed by atoms with Gasteiger partial charge in [0.2, 0.25) is 17.7 Å². The lowest BCUT2D eigenvalue weighted by Gasteiger charge is -2.29. The minimum absolute atomic E-state index is 0.0509. The van der Waals surface area contributed by atoms with Gasteiger partial charge in [-0.25, -0.2) is 14.8 Å². The molecule has 1 saturated heterocycles. The van der Waals surface area contributed by atoms with E-state index in [1.165, 1.54) is 12.8 Å². The van der Waals surface area contributed by atoms with E-state index in [0.29, 0.717) is 34.0 Å². The number of aromatic amines is 1. The molecule has 1 atom stereocenters. The third-order valence-electron chi connectivity index (χ3n) is 8.29. The minimum atomic E-state index is -0.652. The van der Waals surface area contributed by atoms with Gasteiger partial charge in [0.15, 0.2) is 5.82 Å². The average Bonchev–Trinajstić information content (AvgIpc) is 3.76. The number of anilines is 1. The van der Waals surface area contributed by atoms with Gasteiger partial charge in [0.25, 0.3) is 0 Å². The molecule has 1 N–H and O–H groups in total. The summed E-state index contributed by atoms with van der Waals surface area (Å²) in [5.74, 6) is 2.88. The molecule has 2 fully saturated rings. The Morgan fingerprint density at radius 3 is 2.63 bits per heavy atom. The van der Waals surface area contributed by atoms with Gasteiger partial charge in [-0.3, -0.25) is 14.5 Å². The highest BCUT2D eigenvalue weighted by Gasteiger charge is 2.35. The molecule has 0 spiro atoms. The van der Waals surface area contributed by atoms with Crippen LogP contribution in [0.15, 0.2) is 38.4 Å². The minimum Gasteiger partial charge on any atom is -0.340 e. The fourth-order valence-corrected chi connectivity index (χ4v) is 6.41. The lowest BCUT2D eigenvalue weighted by Crippen LogP contribution is -2.28. The van der Waals surface area contributed by atoms with E-state index in [1.807, 2.05) is 19.1 Å². The molecule has 2 aliphatic rings. The highest BCUT2D eigenvalue weighted by Crippen LogP contribution is 2.41. The van der Waals surface area contributed by atoms with Gasteiger partial charge in [-0.15, -0.1) is 0 Å². The second-order valence-electron chi connectivity index (χ2n) is 11.2. The first kappa shape index (κ1) is 25.9. The molecule has 5 aromatic rings. The Kier molecular flexibility index (Phi) is 6.57. The monoisotopic (exact) mass is 575 g/mol. The summed E-state index contributed by atoms with van der Waals surface area (Å²) < 4.78 is 12.4. The van der Waals surface area contributed by atoms with Crippen molar-refractivity contribution in [3.05, 3.63) is 51.8 Å². The van der Waals surface area contributed by atoms with Gasteiger partial charge in [0, 0.05) is 38.0 Å². The van der Waals surface area contributed by atoms with E-state index in [-0.39, 0.29) is 11.9 Å². The fourth-order valence-electron chi connectivity index (χ4n) is 6.24. The topological polar surface area (TPSA) is 145 Å². The zero-order chi connectivity index (χ0) is 28.1. The maximum atomic E-state index is 11.8. The Labute approximate surface area is 240 Å². The van der Waals surface area contributed by atoms with Crippen LogP contribution in [0.3, 0.4) is 0 Å². The summed E-state index contributed by atoms with van der Waals surface area (Å²) in [6.45, 7) is 5.76. The lowest BCUT2D eigenvalue weighted by atomic mass is 9.83. The Bertz CT molecular complexity index is 1760. The third kappa shape index (κ3) is 4.90. The summed E-state index contributed by atoms with van der Waals surface area (Å²) in [7, 11) is 0. The van der Waals surface area contributed by atoms with E-state index in [9.17, 15) is 4.79 Å². The van der Waals surface area contributed by atoms with Crippen LogP contribution in [0, 0.1) is 18.8 Å². The van der Waals surface area contributed by atoms with E-state index >= 15 is 0 Å². The molecule has 1 unspecified atom stereocenters. The van der Waals surface area contributed by atoms with Crippen molar-refractivity contribution in [2.24, 2.45) is 11.8 Å². The first-order chi connectivity index (χ1) is 19.9. The van der Waals surface area contributed by atoms with Crippen LogP contribution >= 0.6 is 11.6 Å². The number of nitrogens with zero attached hydrogens (tertiary/aromatic N) is 8. The molecule has 5 aromatic heterocycles. The van der Waals surface area contributed by atoms with Gasteiger partial charge in [-0.05, 0) is 49.7 Å². The highest BCUT2D eigenvalue weighted by molar-refractivity contribution is 6.30. The van der Waals surface area contributed by atoms with Crippen molar-refractivity contribution < 1.29 is 9.05 Å². The molecule has 13 heteroatoms. The zero-order valence-electron chi connectivity index (χ0n) is 22.9. The molecule has 7 rings (SSSR count). The second-order valence-corrected chi connectivity index (χ2v) is 11.7. The summed E-state index contributed by atoms with van der Waals surface area (Å²) >= 11 is 6.39. The van der Waals surface area contributed by atoms with E-state index in [4.69, 9.17) is 30.6 Å². The number of aromatic nitrogens is 8. The first-order valence-corrected chi connectivity index (χ1v) is 14.5. The number of hydrogen-bond donors (Lipinski definition) is 1. The third-order valence-corrected chi connectivity index (χ3v) is 8.50. The molecule has 6 heterocycles. The zero-order valence-corrected chi connectivity index (χ0v) is 23.6. The number of halogens is 1. The molecule has 0 radical (unpaired) electrons. The summed E-state index contributed by atoms with van der Waals surface area (Å²) in [6.07, 6.45) is 9.97. The van der Waals surface area contributed by atoms with Crippen LogP contribution in [-0.2, 0) is 6.54 Å². The van der Waals surface area contributed by atoms with Gasteiger partial charge < -0.3 is 14.0 Å². The van der Waals surface area contributed by atoms with Crippen LogP contribution in [0.1, 0.15) is 63.2 Å². The average molecular weight is 576 g/mol. The van der Waals surface area contributed by atoms with Crippen molar-refractivity contribution in [1.82, 2.24) is 39.8 Å². The first-order valence-electron chi connectivity index (χ1n) is 14.1. The molecule has 41 heavy (non-hydrogen) atoms. The Balaban J connectivity index is 1.44. The van der Waals surface area contributed by atoms with Crippen molar-refractivity contribution in [1.29, 1.82) is 0 Å². The quantitative estimate of drug-likeness (QED) is 0.281. The van der Waals surface area contributed by atoms with Gasteiger partial charge >= 0.3 is 5.76 Å². The van der Waals surface area contributed by atoms with Crippen molar-refractivity contribution >= 4 is 28.6 Å². The maximum Gasteiger partial charge on any atom is 0.439 e. The standard InChI is InChI=1S/C28H30ClN9O3/c1-15-5-7-17(8-6-15)14-38-24-20(33-27(38)37-9-3-4-22(37)26-31-16(2)40-36-26)11-21(25-34-28(39)41-35-25)32-23(24)18-10-19(29)13-30-12-18/h10-13,15,17,22H,3-9,14H2,1-2H3,(H,34,35,39). The van der Waals surface area contributed by atoms with E-state index < -0.39 is 5.76 Å². The van der Waals surface area contributed by atoms with E-state index in [0.717, 1.165) is 67.2 Å². The SMILES string of the molecule is Cc1nc(C2CCCN2c2nc3cc(-c4noc(=O)[nH]4)nc(-c4cncc(Cl)c4)c3n2CC2CCC(C)CC2)no1. The second kappa shape index (κ2) is 10.4. The lowest BCUT2D eigenvalue weighted by molar-refractivity contribution is 0.266. The van der Waals surface area contributed by atoms with Crippen LogP contribution in [-0.4, -0.2) is 46.3 Å². The molecule has 1 aliphatic heterocycles. The maximum absolute atomic E-state index is 11.8. The number of H-pyrrole nitrogens is 1. The fraction of sp³-hybridized carbons (Fsp3) is 0.464. The Morgan fingerprint density at radius 1 is 1.05 bits per heavy atom. The number of nitrogens with one attached hydrogen (secondary N) is 1. The molecular formula is C28H30ClN9O3. The number of pyridine rings is 2. The molecule has 0 bridgehead atoms. The van der Waals surface area contributed by atoms with Crippen LogP contribution in [0.2, 0.25) is 5.02 Å². The molecular weight excluding hydrogens is 546 g/mol. The van der Waals surface area contributed by atoms with Crippen LogP contribution in [0.5, 0.6) is 0 Å².